The molecule has 0 fully saturated rings. The van der Waals surface area contributed by atoms with Gasteiger partial charge >= 0.3 is 80.6 Å². The molecule has 0 aliphatic heterocycles. The van der Waals surface area contributed by atoms with Crippen molar-refractivity contribution in [3.05, 3.63) is 0 Å². The van der Waals surface area contributed by atoms with Crippen LogP contribution in [0.25, 0.3) is 0 Å². The number of hydrogen-bond acceptors (Lipinski definition) is 0. The standard InChI is InChI=1S/Ca.Ga.Mg.Zn.7H/q+2;;+2;;;;;4*-1. The van der Waals surface area contributed by atoms with Crippen LogP contribution in [0.1, 0.15) is 5.71 Å². The first kappa shape index (κ1) is 26.7. The molecule has 0 aromatic carbocycles. The molecular formula is H7CaGaMgZn. The van der Waals surface area contributed by atoms with Crippen molar-refractivity contribution in [3.63, 3.8) is 0 Å². The van der Waals surface area contributed by atoms with E-state index in [4.69, 9.17) is 0 Å². The van der Waals surface area contributed by atoms with Crippen LogP contribution in [0.5, 0.6) is 0 Å². The van der Waals surface area contributed by atoms with Gasteiger partial charge in [0.15, 0.2) is 0 Å². The number of rotatable bonds is 0. The van der Waals surface area contributed by atoms with E-state index in [0.29, 0.717) is 0 Å². The first-order chi connectivity index (χ1) is 0. The molecule has 0 amide bonds. The molecule has 0 nitrogen and oxygen atoms in total. The molecule has 0 aliphatic carbocycles. The van der Waals surface area contributed by atoms with Gasteiger partial charge in [0.1, 0.15) is 0 Å². The second-order valence-corrected chi connectivity index (χ2v) is 0. The van der Waals surface area contributed by atoms with Crippen LogP contribution in [-0.2, 0) is 19.5 Å². The average molecular weight is 207 g/mol. The molecule has 0 aliphatic rings. The Morgan fingerprint density at radius 1 is 1.25 bits per heavy atom. The van der Waals surface area contributed by atoms with Gasteiger partial charge in [0.2, 0.25) is 0 Å². The van der Waals surface area contributed by atoms with Gasteiger partial charge in [0.25, 0.3) is 0 Å². The van der Waals surface area contributed by atoms with E-state index in [9.17, 15) is 0 Å². The van der Waals surface area contributed by atoms with Crippen molar-refractivity contribution in [1.29, 1.82) is 0 Å². The minimum Gasteiger partial charge on any atom is -1.00 e. The summed E-state index contributed by atoms with van der Waals surface area (Å²) in [6.45, 7) is 0. The van der Waals surface area contributed by atoms with Crippen molar-refractivity contribution in [2.75, 3.05) is 0 Å². The van der Waals surface area contributed by atoms with E-state index < -0.39 is 0 Å². The van der Waals surface area contributed by atoms with Crippen molar-refractivity contribution in [2.45, 2.75) is 0 Å². The molecular weight excluding hydrogens is 199 g/mol. The Hall–Kier alpha value is 3.29. The third-order valence-corrected chi connectivity index (χ3v) is 0. The van der Waals surface area contributed by atoms with Crippen LogP contribution in [0, 0.1) is 0 Å². The zero-order chi connectivity index (χ0) is 0. The zero-order valence-electron chi connectivity index (χ0n) is 6.12. The summed E-state index contributed by atoms with van der Waals surface area (Å²) in [4.78, 5) is 0. The van der Waals surface area contributed by atoms with Gasteiger partial charge in [-0.25, -0.2) is 0 Å². The molecule has 0 radical (unpaired) electrons. The SMILES string of the molecule is [Ca+2].[GaH3].[H-].[H-].[H-].[H-].[Mg+2].[Zn]. The largest absolute Gasteiger partial charge is 2.00 e. The van der Waals surface area contributed by atoms with Crippen molar-refractivity contribution in [1.82, 2.24) is 0 Å². The Morgan fingerprint density at radius 3 is 1.25 bits per heavy atom. The molecule has 0 N–H and O–H groups in total. The molecule has 0 atom stereocenters. The third-order valence-electron chi connectivity index (χ3n) is 0. The average Bonchev–Trinajstić information content (AvgIpc) is 0. The maximum atomic E-state index is 0. The predicted molar refractivity (Wildman–Crippen MR) is 25.9 cm³/mol. The molecule has 0 saturated heterocycles. The molecule has 0 unspecified atom stereocenters. The van der Waals surface area contributed by atoms with Crippen LogP contribution in [0.3, 0.4) is 0 Å². The van der Waals surface area contributed by atoms with Crippen molar-refractivity contribution in [2.24, 2.45) is 0 Å². The van der Waals surface area contributed by atoms with Crippen LogP contribution in [0.4, 0.5) is 0 Å². The molecule has 4 heteroatoms. The maximum Gasteiger partial charge on any atom is 2.00 e. The van der Waals surface area contributed by atoms with Gasteiger partial charge in [-0.2, -0.15) is 0 Å². The van der Waals surface area contributed by atoms with Gasteiger partial charge in [-0.1, -0.05) is 0 Å². The monoisotopic (exact) mass is 204 g/mol. The Bertz CT molecular complexity index is 16.0. The normalized spacial score (nSPS) is 0. The van der Waals surface area contributed by atoms with Crippen LogP contribution >= 0.6 is 0 Å². The fourth-order valence-corrected chi connectivity index (χ4v) is 0. The van der Waals surface area contributed by atoms with Crippen molar-refractivity contribution in [3.8, 4) is 0 Å². The minimum absolute atomic E-state index is 0. The maximum absolute atomic E-state index is 0. The van der Waals surface area contributed by atoms with E-state index in [0.717, 1.165) is 0 Å². The smallest absolute Gasteiger partial charge is 1.00 e. The summed E-state index contributed by atoms with van der Waals surface area (Å²) < 4.78 is 0. The Labute approximate surface area is 104 Å². The molecule has 4 heavy (non-hydrogen) atoms. The second kappa shape index (κ2) is 16.3. The molecule has 0 aromatic heterocycles. The fraction of sp³-hybridized carbons (Fsp3) is 0. The molecule has 16 valence electrons. The van der Waals surface area contributed by atoms with Crippen molar-refractivity contribution >= 4 is 80.6 Å². The summed E-state index contributed by atoms with van der Waals surface area (Å²) >= 11 is 0. The van der Waals surface area contributed by atoms with Crippen LogP contribution in [0.2, 0.25) is 0 Å². The summed E-state index contributed by atoms with van der Waals surface area (Å²) in [5, 5.41) is 0. The van der Waals surface area contributed by atoms with E-state index in [1.807, 2.05) is 0 Å². The predicted octanol–water partition coefficient (Wildman–Crippen LogP) is -1.50. The van der Waals surface area contributed by atoms with Gasteiger partial charge in [-0.15, -0.1) is 0 Å². The first-order valence-electron chi connectivity index (χ1n) is 0. The number of hydrogen-bond donors (Lipinski definition) is 0. The summed E-state index contributed by atoms with van der Waals surface area (Å²) in [5.74, 6) is 0. The molecule has 0 aromatic rings. The Balaban J connectivity index is 0. The first-order valence-corrected chi connectivity index (χ1v) is 0. The van der Waals surface area contributed by atoms with Crippen LogP contribution in [0.15, 0.2) is 0 Å². The van der Waals surface area contributed by atoms with Gasteiger partial charge in [-0.05, 0) is 0 Å². The van der Waals surface area contributed by atoms with Crippen LogP contribution in [-0.4, -0.2) is 80.6 Å². The molecule has 0 saturated carbocycles. The molecule has 0 spiro atoms. The Morgan fingerprint density at radius 2 is 1.25 bits per heavy atom. The van der Waals surface area contributed by atoms with E-state index in [2.05, 4.69) is 0 Å². The summed E-state index contributed by atoms with van der Waals surface area (Å²) in [7, 11) is 0. The minimum atomic E-state index is 0. The van der Waals surface area contributed by atoms with E-state index in [1.54, 1.807) is 0 Å². The Kier molecular flexibility index (Phi) is 108. The fourth-order valence-electron chi connectivity index (χ4n) is 0. The van der Waals surface area contributed by atoms with Gasteiger partial charge in [0.05, 0.1) is 0 Å². The summed E-state index contributed by atoms with van der Waals surface area (Å²) in [6.07, 6.45) is 0. The molecule has 0 rings (SSSR count). The van der Waals surface area contributed by atoms with Gasteiger partial charge in [-0.3, -0.25) is 0 Å². The van der Waals surface area contributed by atoms with Gasteiger partial charge < -0.3 is 5.71 Å². The van der Waals surface area contributed by atoms with Gasteiger partial charge in [0, 0.05) is 19.5 Å². The van der Waals surface area contributed by atoms with E-state index >= 15 is 0 Å². The molecule has 0 bridgehead atoms. The van der Waals surface area contributed by atoms with E-state index in [-0.39, 0.29) is 106 Å². The second-order valence-electron chi connectivity index (χ2n) is 0. The summed E-state index contributed by atoms with van der Waals surface area (Å²) in [5.41, 5.74) is 0. The van der Waals surface area contributed by atoms with E-state index in [1.165, 1.54) is 0 Å². The van der Waals surface area contributed by atoms with Crippen LogP contribution < -0.4 is 0 Å². The summed E-state index contributed by atoms with van der Waals surface area (Å²) in [6, 6.07) is 0. The zero-order valence-corrected chi connectivity index (χ0v) is 8.71. The molecule has 0 heterocycles. The van der Waals surface area contributed by atoms with Crippen molar-refractivity contribution < 1.29 is 25.2 Å². The quantitative estimate of drug-likeness (QED) is 0.424. The third kappa shape index (κ3) is 8.99. The topological polar surface area (TPSA) is 0 Å².